The van der Waals surface area contributed by atoms with Crippen LogP contribution in [0.2, 0.25) is 6.04 Å². The Morgan fingerprint density at radius 1 is 0.944 bits per heavy atom. The number of nitrogens with one attached hydrogen (secondary N) is 1. The summed E-state index contributed by atoms with van der Waals surface area (Å²) in [7, 11) is 3.84. The van der Waals surface area contributed by atoms with Crippen LogP contribution in [0.15, 0.2) is 0 Å². The predicted octanol–water partition coefficient (Wildman–Crippen LogP) is 1.78. The van der Waals surface area contributed by atoms with E-state index in [0.717, 1.165) is 31.7 Å². The van der Waals surface area contributed by atoms with Gasteiger partial charge in [0.25, 0.3) is 0 Å². The number of hydrogen-bond acceptors (Lipinski definition) is 5. The summed E-state index contributed by atoms with van der Waals surface area (Å²) in [6, 6.07) is 0.820. The quantitative estimate of drug-likeness (QED) is 0.488. The van der Waals surface area contributed by atoms with Gasteiger partial charge in [-0.15, -0.1) is 0 Å². The van der Waals surface area contributed by atoms with E-state index in [4.69, 9.17) is 13.3 Å². The van der Waals surface area contributed by atoms with E-state index in [1.807, 2.05) is 0 Å². The van der Waals surface area contributed by atoms with Crippen LogP contribution in [0.1, 0.15) is 25.7 Å². The zero-order valence-electron chi connectivity index (χ0n) is 11.8. The zero-order chi connectivity index (χ0) is 13.9. The molecular formula is C11H25NO5Si. The fraction of sp³-hybridized carbons (Fsp3) is 0.909. The van der Waals surface area contributed by atoms with Crippen molar-refractivity contribution in [3.05, 3.63) is 0 Å². The van der Waals surface area contributed by atoms with Gasteiger partial charge < -0.3 is 23.3 Å². The molecule has 0 bridgehead atoms. The molecule has 0 aliphatic rings. The van der Waals surface area contributed by atoms with Gasteiger partial charge in [-0.25, -0.2) is 4.79 Å². The molecule has 1 amide bonds. The highest BCUT2D eigenvalue weighted by molar-refractivity contribution is 6.60. The summed E-state index contributed by atoms with van der Waals surface area (Å²) < 4.78 is 20.5. The van der Waals surface area contributed by atoms with Gasteiger partial charge in [0.1, 0.15) is 0 Å². The lowest BCUT2D eigenvalue weighted by molar-refractivity contribution is 0.122. The number of carbonyl (C=O) groups excluding carboxylic acids is 1. The summed E-state index contributed by atoms with van der Waals surface area (Å²) in [5.41, 5.74) is 0. The summed E-state index contributed by atoms with van der Waals surface area (Å²) in [5.74, 6) is 0. The van der Waals surface area contributed by atoms with Crippen molar-refractivity contribution in [2.45, 2.75) is 31.7 Å². The monoisotopic (exact) mass is 279 g/mol. The first kappa shape index (κ1) is 17.4. The van der Waals surface area contributed by atoms with Crippen molar-refractivity contribution in [2.75, 3.05) is 35.0 Å². The molecule has 6 nitrogen and oxygen atoms in total. The van der Waals surface area contributed by atoms with Crippen LogP contribution >= 0.6 is 0 Å². The molecule has 0 fully saturated rings. The van der Waals surface area contributed by atoms with Crippen LogP contribution in [-0.2, 0) is 18.0 Å². The first-order chi connectivity index (χ1) is 8.64. The number of carbonyl (C=O) groups is 1. The lowest BCUT2D eigenvalue weighted by Crippen LogP contribution is -2.42. The topological polar surface area (TPSA) is 66.0 Å². The lowest BCUT2D eigenvalue weighted by atomic mass is 10.2. The first-order valence-electron chi connectivity index (χ1n) is 6.11. The third-order valence-electron chi connectivity index (χ3n) is 2.80. The molecule has 0 aromatic heterocycles. The molecule has 0 aliphatic heterocycles. The molecule has 7 heteroatoms. The third-order valence-corrected chi connectivity index (χ3v) is 5.63. The van der Waals surface area contributed by atoms with Gasteiger partial charge in [-0.3, -0.25) is 0 Å². The maximum absolute atomic E-state index is 10.8. The Labute approximate surface area is 110 Å². The second-order valence-electron chi connectivity index (χ2n) is 3.88. The molecule has 0 rings (SSSR count). The molecule has 0 aromatic carbocycles. The molecule has 108 valence electrons. The van der Waals surface area contributed by atoms with Crippen molar-refractivity contribution in [1.29, 1.82) is 0 Å². The number of hydrogen-bond donors (Lipinski definition) is 1. The summed E-state index contributed by atoms with van der Waals surface area (Å²) in [6.07, 6.45) is 3.68. The van der Waals surface area contributed by atoms with E-state index in [1.165, 1.54) is 7.11 Å². The molecule has 0 unspecified atom stereocenters. The standard InChI is InChI=1S/C11H25NO5Si/c1-14-11(13)12-9-7-5-6-8-10-18(15-2,16-3)17-4/h5-10H2,1-4H3,(H,12,13). The molecule has 0 aromatic rings. The van der Waals surface area contributed by atoms with Crippen LogP contribution in [0, 0.1) is 0 Å². The van der Waals surface area contributed by atoms with Gasteiger partial charge in [-0.2, -0.15) is 0 Å². The van der Waals surface area contributed by atoms with Crippen LogP contribution in [0.3, 0.4) is 0 Å². The Bertz CT molecular complexity index is 215. The smallest absolute Gasteiger partial charge is 0.453 e. The minimum absolute atomic E-state index is 0.375. The normalized spacial score (nSPS) is 11.3. The van der Waals surface area contributed by atoms with E-state index in [9.17, 15) is 4.79 Å². The first-order valence-corrected chi connectivity index (χ1v) is 8.04. The van der Waals surface area contributed by atoms with Crippen molar-refractivity contribution in [3.63, 3.8) is 0 Å². The van der Waals surface area contributed by atoms with E-state index in [1.54, 1.807) is 21.3 Å². The molecule has 0 atom stereocenters. The minimum atomic E-state index is -2.40. The van der Waals surface area contributed by atoms with Crippen LogP contribution in [-0.4, -0.2) is 49.9 Å². The molecule has 0 saturated heterocycles. The van der Waals surface area contributed by atoms with E-state index in [-0.39, 0.29) is 6.09 Å². The SMILES string of the molecule is COC(=O)NCCCCCC[Si](OC)(OC)OC. The fourth-order valence-electron chi connectivity index (χ4n) is 1.64. The van der Waals surface area contributed by atoms with Gasteiger partial charge >= 0.3 is 14.9 Å². The Kier molecular flexibility index (Phi) is 9.94. The number of rotatable bonds is 10. The van der Waals surface area contributed by atoms with Gasteiger partial charge in [0, 0.05) is 33.9 Å². The van der Waals surface area contributed by atoms with Gasteiger partial charge in [-0.1, -0.05) is 12.8 Å². The van der Waals surface area contributed by atoms with Crippen LogP contribution < -0.4 is 5.32 Å². The second kappa shape index (κ2) is 10.3. The highest BCUT2D eigenvalue weighted by Gasteiger charge is 2.36. The van der Waals surface area contributed by atoms with Crippen LogP contribution in [0.25, 0.3) is 0 Å². The molecule has 0 radical (unpaired) electrons. The van der Waals surface area contributed by atoms with Crippen molar-refractivity contribution < 1.29 is 22.8 Å². The van der Waals surface area contributed by atoms with Crippen LogP contribution in [0.5, 0.6) is 0 Å². The molecule has 18 heavy (non-hydrogen) atoms. The fourth-order valence-corrected chi connectivity index (χ4v) is 3.43. The highest BCUT2D eigenvalue weighted by atomic mass is 28.4. The van der Waals surface area contributed by atoms with Crippen molar-refractivity contribution in [2.24, 2.45) is 0 Å². The number of amides is 1. The van der Waals surface area contributed by atoms with Crippen molar-refractivity contribution >= 4 is 14.9 Å². The van der Waals surface area contributed by atoms with Gasteiger partial charge in [0.2, 0.25) is 0 Å². The number of unbranched alkanes of at least 4 members (excludes halogenated alkanes) is 3. The summed E-state index contributed by atoms with van der Waals surface area (Å²) in [5, 5.41) is 2.65. The Morgan fingerprint density at radius 2 is 1.50 bits per heavy atom. The van der Waals surface area contributed by atoms with E-state index in [0.29, 0.717) is 6.54 Å². The van der Waals surface area contributed by atoms with E-state index in [2.05, 4.69) is 10.1 Å². The summed E-state index contributed by atoms with van der Waals surface area (Å²) >= 11 is 0. The summed E-state index contributed by atoms with van der Waals surface area (Å²) in [6.45, 7) is 0.647. The Hall–Kier alpha value is -0.633. The zero-order valence-corrected chi connectivity index (χ0v) is 12.8. The highest BCUT2D eigenvalue weighted by Crippen LogP contribution is 2.17. The molecule has 0 aliphatic carbocycles. The molecule has 0 heterocycles. The van der Waals surface area contributed by atoms with Gasteiger partial charge in [0.15, 0.2) is 0 Å². The van der Waals surface area contributed by atoms with Gasteiger partial charge in [0.05, 0.1) is 7.11 Å². The van der Waals surface area contributed by atoms with Crippen LogP contribution in [0.4, 0.5) is 4.79 Å². The largest absolute Gasteiger partial charge is 0.500 e. The molecular weight excluding hydrogens is 254 g/mol. The summed E-state index contributed by atoms with van der Waals surface area (Å²) in [4.78, 5) is 10.8. The number of ether oxygens (including phenoxy) is 1. The lowest BCUT2D eigenvalue weighted by Gasteiger charge is -2.24. The number of alkyl carbamates (subject to hydrolysis) is 1. The molecule has 0 saturated carbocycles. The predicted molar refractivity (Wildman–Crippen MR) is 70.5 cm³/mol. The molecule has 0 spiro atoms. The van der Waals surface area contributed by atoms with E-state index < -0.39 is 8.80 Å². The molecule has 1 N–H and O–H groups in total. The van der Waals surface area contributed by atoms with Gasteiger partial charge in [-0.05, 0) is 12.8 Å². The second-order valence-corrected chi connectivity index (χ2v) is 6.97. The van der Waals surface area contributed by atoms with E-state index >= 15 is 0 Å². The Morgan fingerprint density at radius 3 is 2.00 bits per heavy atom. The average molecular weight is 279 g/mol. The Balaban J connectivity index is 3.52. The third kappa shape index (κ3) is 6.95. The maximum atomic E-state index is 10.8. The number of methoxy groups -OCH3 is 1. The minimum Gasteiger partial charge on any atom is -0.453 e. The van der Waals surface area contributed by atoms with Crippen molar-refractivity contribution in [1.82, 2.24) is 5.32 Å². The average Bonchev–Trinajstić information content (AvgIpc) is 2.42. The van der Waals surface area contributed by atoms with Crippen molar-refractivity contribution in [3.8, 4) is 0 Å². The maximum Gasteiger partial charge on any atom is 0.500 e.